The van der Waals surface area contributed by atoms with Crippen molar-refractivity contribution in [1.82, 2.24) is 0 Å². The van der Waals surface area contributed by atoms with E-state index in [4.69, 9.17) is 37.0 Å². The number of carbonyl (C=O) groups excluding carboxylic acids is 4. The molecule has 3 N–H and O–H groups in total. The van der Waals surface area contributed by atoms with Crippen molar-refractivity contribution in [1.29, 1.82) is 0 Å². The third-order valence-electron chi connectivity index (χ3n) is 19.4. The van der Waals surface area contributed by atoms with Crippen molar-refractivity contribution in [3.05, 3.63) is 0 Å². The number of carbonyl (C=O) groups is 4. The summed E-state index contributed by atoms with van der Waals surface area (Å²) < 4.78 is 68.6. The lowest BCUT2D eigenvalue weighted by Crippen LogP contribution is -2.30. The highest BCUT2D eigenvalue weighted by Crippen LogP contribution is 2.45. The molecule has 0 radical (unpaired) electrons. The second-order valence-electron chi connectivity index (χ2n) is 29.4. The van der Waals surface area contributed by atoms with Crippen LogP contribution in [0.5, 0.6) is 0 Å². The molecule has 0 heterocycles. The molecule has 0 aliphatic carbocycles. The van der Waals surface area contributed by atoms with Gasteiger partial charge in [-0.25, -0.2) is 9.13 Å². The molecule has 6 atom stereocenters. The van der Waals surface area contributed by atoms with Crippen LogP contribution >= 0.6 is 15.6 Å². The largest absolute Gasteiger partial charge is 0.472 e. The van der Waals surface area contributed by atoms with Crippen LogP contribution in [-0.2, 0) is 65.4 Å². The molecule has 17 nitrogen and oxygen atoms in total. The third kappa shape index (κ3) is 73.0. The topological polar surface area (TPSA) is 237 Å². The minimum absolute atomic E-state index is 0.104. The molecule has 0 aliphatic rings. The molecule has 19 heteroatoms. The van der Waals surface area contributed by atoms with Crippen LogP contribution in [0.1, 0.15) is 433 Å². The average molecular weight is 1470 g/mol. The lowest BCUT2D eigenvalue weighted by Gasteiger charge is -2.21. The summed E-state index contributed by atoms with van der Waals surface area (Å²) in [4.78, 5) is 72.9. The second-order valence-corrected chi connectivity index (χ2v) is 32.3. The van der Waals surface area contributed by atoms with Crippen molar-refractivity contribution in [3.63, 3.8) is 0 Å². The highest BCUT2D eigenvalue weighted by atomic mass is 31.2. The Morgan fingerprint density at radius 1 is 0.280 bits per heavy atom. The first-order valence-corrected chi connectivity index (χ1v) is 45.2. The van der Waals surface area contributed by atoms with Gasteiger partial charge in [0.25, 0.3) is 0 Å². The summed E-state index contributed by atoms with van der Waals surface area (Å²) in [6, 6.07) is 0. The molecule has 0 spiro atoms. The number of hydrogen-bond acceptors (Lipinski definition) is 15. The first kappa shape index (κ1) is 98.1. The van der Waals surface area contributed by atoms with Crippen molar-refractivity contribution in [2.75, 3.05) is 39.6 Å². The van der Waals surface area contributed by atoms with Gasteiger partial charge in [0, 0.05) is 25.7 Å². The van der Waals surface area contributed by atoms with Gasteiger partial charge in [0.2, 0.25) is 0 Å². The van der Waals surface area contributed by atoms with Crippen LogP contribution in [0.3, 0.4) is 0 Å². The number of aliphatic hydroxyl groups is 1. The minimum Gasteiger partial charge on any atom is -0.462 e. The van der Waals surface area contributed by atoms with Crippen LogP contribution in [-0.4, -0.2) is 96.7 Å². The molecule has 0 saturated heterocycles. The Balaban J connectivity index is 5.18. The number of esters is 4. The van der Waals surface area contributed by atoms with E-state index in [2.05, 4.69) is 34.6 Å². The molecule has 594 valence electrons. The number of phosphoric acid groups is 2. The first-order chi connectivity index (χ1) is 48.6. The molecule has 0 amide bonds. The van der Waals surface area contributed by atoms with Crippen LogP contribution in [0.2, 0.25) is 0 Å². The Hall–Kier alpha value is -1.94. The molecule has 0 bridgehead atoms. The Morgan fingerprint density at radius 3 is 0.710 bits per heavy atom. The molecule has 0 aromatic heterocycles. The Bertz CT molecular complexity index is 1910. The van der Waals surface area contributed by atoms with Crippen molar-refractivity contribution in [3.8, 4) is 0 Å². The maximum atomic E-state index is 13.1. The lowest BCUT2D eigenvalue weighted by atomic mass is 10.00. The van der Waals surface area contributed by atoms with E-state index in [-0.39, 0.29) is 25.7 Å². The van der Waals surface area contributed by atoms with Crippen LogP contribution in [0.4, 0.5) is 0 Å². The van der Waals surface area contributed by atoms with Crippen LogP contribution in [0.15, 0.2) is 0 Å². The predicted octanol–water partition coefficient (Wildman–Crippen LogP) is 24.4. The van der Waals surface area contributed by atoms with Crippen molar-refractivity contribution in [2.24, 2.45) is 5.92 Å². The fourth-order valence-electron chi connectivity index (χ4n) is 12.6. The molecular weight excluding hydrogens is 1310 g/mol. The summed E-state index contributed by atoms with van der Waals surface area (Å²) in [7, 11) is -9.91. The molecular formula is C81H158O17P2. The predicted molar refractivity (Wildman–Crippen MR) is 409 cm³/mol. The summed E-state index contributed by atoms with van der Waals surface area (Å²) in [5, 5.41) is 10.6. The SMILES string of the molecule is CCCCCCCCCCCCCCCCCCCCCCCCC(=O)O[C@H](COC(=O)CCCCCCCCCCCCCCCCCCCC)COP(=O)(O)OC[C@@H](O)COP(=O)(O)OC[C@@H](COC(=O)CCCCCCCCCCCC)OC(=O)CCCCCCCCC(C)CC. The Labute approximate surface area is 613 Å². The van der Waals surface area contributed by atoms with E-state index in [9.17, 15) is 43.2 Å². The van der Waals surface area contributed by atoms with Gasteiger partial charge in [-0.05, 0) is 31.6 Å². The fraction of sp³-hybridized carbons (Fsp3) is 0.951. The maximum Gasteiger partial charge on any atom is 0.472 e. The second kappa shape index (κ2) is 73.9. The average Bonchev–Trinajstić information content (AvgIpc) is 0.928. The number of hydrogen-bond donors (Lipinski definition) is 3. The van der Waals surface area contributed by atoms with Gasteiger partial charge in [0.1, 0.15) is 19.3 Å². The van der Waals surface area contributed by atoms with Gasteiger partial charge < -0.3 is 33.8 Å². The van der Waals surface area contributed by atoms with Crippen LogP contribution in [0, 0.1) is 5.92 Å². The highest BCUT2D eigenvalue weighted by molar-refractivity contribution is 7.47. The van der Waals surface area contributed by atoms with Gasteiger partial charge in [-0.2, -0.15) is 0 Å². The molecule has 0 aromatic rings. The third-order valence-corrected chi connectivity index (χ3v) is 21.3. The molecule has 0 aliphatic heterocycles. The number of rotatable bonds is 81. The van der Waals surface area contributed by atoms with Crippen molar-refractivity contribution < 1.29 is 80.2 Å². The summed E-state index contributed by atoms with van der Waals surface area (Å²) in [6.07, 6.45) is 65.5. The van der Waals surface area contributed by atoms with Gasteiger partial charge in [0.15, 0.2) is 12.2 Å². The van der Waals surface area contributed by atoms with E-state index in [1.807, 2.05) is 0 Å². The molecule has 100 heavy (non-hydrogen) atoms. The fourth-order valence-corrected chi connectivity index (χ4v) is 14.1. The zero-order valence-corrected chi connectivity index (χ0v) is 67.1. The molecule has 0 saturated carbocycles. The van der Waals surface area contributed by atoms with Crippen molar-refractivity contribution in [2.45, 2.75) is 451 Å². The maximum absolute atomic E-state index is 13.1. The minimum atomic E-state index is -4.96. The lowest BCUT2D eigenvalue weighted by molar-refractivity contribution is -0.161. The smallest absolute Gasteiger partial charge is 0.462 e. The van der Waals surface area contributed by atoms with E-state index in [0.717, 1.165) is 95.8 Å². The number of phosphoric ester groups is 2. The van der Waals surface area contributed by atoms with Crippen LogP contribution in [0.25, 0.3) is 0 Å². The summed E-state index contributed by atoms with van der Waals surface area (Å²) in [6.45, 7) is 7.26. The highest BCUT2D eigenvalue weighted by Gasteiger charge is 2.30. The van der Waals surface area contributed by atoms with Gasteiger partial charge in [-0.1, -0.05) is 381 Å². The number of aliphatic hydroxyl groups excluding tert-OH is 1. The Morgan fingerprint density at radius 2 is 0.480 bits per heavy atom. The number of ether oxygens (including phenoxy) is 4. The van der Waals surface area contributed by atoms with Gasteiger partial charge in [0.05, 0.1) is 26.4 Å². The number of unbranched alkanes of at least 4 members (excludes halogenated alkanes) is 52. The molecule has 3 unspecified atom stereocenters. The molecule has 0 aromatic carbocycles. The van der Waals surface area contributed by atoms with Crippen molar-refractivity contribution >= 4 is 39.5 Å². The zero-order valence-electron chi connectivity index (χ0n) is 65.3. The Kier molecular flexibility index (Phi) is 72.5. The normalized spacial score (nSPS) is 14.1. The van der Waals surface area contributed by atoms with E-state index < -0.39 is 97.5 Å². The van der Waals surface area contributed by atoms with Gasteiger partial charge >= 0.3 is 39.5 Å². The van der Waals surface area contributed by atoms with E-state index in [1.165, 1.54) is 257 Å². The quantitative estimate of drug-likeness (QED) is 0.0222. The molecule has 0 rings (SSSR count). The molecule has 0 fully saturated rings. The van der Waals surface area contributed by atoms with E-state index >= 15 is 0 Å². The van der Waals surface area contributed by atoms with E-state index in [0.29, 0.717) is 25.7 Å². The first-order valence-electron chi connectivity index (χ1n) is 42.2. The van der Waals surface area contributed by atoms with Gasteiger partial charge in [-0.15, -0.1) is 0 Å². The van der Waals surface area contributed by atoms with Crippen LogP contribution < -0.4 is 0 Å². The summed E-state index contributed by atoms with van der Waals surface area (Å²) >= 11 is 0. The monoisotopic (exact) mass is 1470 g/mol. The van der Waals surface area contributed by atoms with Gasteiger partial charge in [-0.3, -0.25) is 37.3 Å². The zero-order chi connectivity index (χ0) is 73.4. The summed E-state index contributed by atoms with van der Waals surface area (Å²) in [5.41, 5.74) is 0. The van der Waals surface area contributed by atoms with E-state index in [1.54, 1.807) is 0 Å². The summed E-state index contributed by atoms with van der Waals surface area (Å²) in [5.74, 6) is -1.39. The standard InChI is InChI=1S/C81H158O17P2/c1-6-10-13-16-19-22-25-27-29-31-33-34-35-36-38-40-42-44-47-50-56-61-66-80(85)97-76(70-91-79(84)65-60-55-49-46-43-41-39-37-32-30-28-26-23-20-17-14-11-7-2)72-95-99(87,88)93-68-75(82)69-94-100(89,90)96-73-77(98-81(86)67-62-57-52-51-53-58-63-74(5)9-4)71-92-78(83)64-59-54-48-45-24-21-18-15-12-8-3/h74-77,82H,6-73H2,1-5H3,(H,87,88)(H,89,90)/t74?,75-,76-,77-/m1/s1.